The highest BCUT2D eigenvalue weighted by Crippen LogP contribution is 2.28. The molecule has 2 heterocycles. The number of aromatic nitrogens is 3. The molecule has 5 heteroatoms. The van der Waals surface area contributed by atoms with Crippen LogP contribution in [-0.4, -0.2) is 21.1 Å². The molecule has 1 aromatic carbocycles. The molecule has 0 aliphatic heterocycles. The summed E-state index contributed by atoms with van der Waals surface area (Å²) in [6.07, 6.45) is 3.65. The molecular formula is C16H18N4O. The smallest absolute Gasteiger partial charge is 0.201 e. The highest BCUT2D eigenvalue weighted by molar-refractivity contribution is 5.84. The average Bonchev–Trinajstić information content (AvgIpc) is 2.79. The molecule has 0 atom stereocenters. The fourth-order valence-electron chi connectivity index (χ4n) is 2.43. The minimum atomic E-state index is 0.494. The van der Waals surface area contributed by atoms with Crippen molar-refractivity contribution in [3.8, 4) is 5.75 Å². The van der Waals surface area contributed by atoms with Gasteiger partial charge in [0.05, 0.1) is 18.7 Å². The Kier molecular flexibility index (Phi) is 3.48. The molecule has 21 heavy (non-hydrogen) atoms. The van der Waals surface area contributed by atoms with E-state index < -0.39 is 0 Å². The Balaban J connectivity index is 2.09. The lowest BCUT2D eigenvalue weighted by Crippen LogP contribution is -2.05. The SMILES string of the molecule is CCOc1cccc2c1nc(N)n2Cc1ccncc1C. The summed E-state index contributed by atoms with van der Waals surface area (Å²) in [5, 5.41) is 0. The Morgan fingerprint density at radius 1 is 1.29 bits per heavy atom. The number of ether oxygens (including phenoxy) is 1. The van der Waals surface area contributed by atoms with Crippen molar-refractivity contribution in [2.45, 2.75) is 20.4 Å². The minimum absolute atomic E-state index is 0.494. The predicted molar refractivity (Wildman–Crippen MR) is 83.4 cm³/mol. The Labute approximate surface area is 123 Å². The zero-order valence-electron chi connectivity index (χ0n) is 12.2. The summed E-state index contributed by atoms with van der Waals surface area (Å²) in [4.78, 5) is 8.58. The second-order valence-corrected chi connectivity index (χ2v) is 4.92. The van der Waals surface area contributed by atoms with Crippen LogP contribution in [0.1, 0.15) is 18.1 Å². The third-order valence-corrected chi connectivity index (χ3v) is 3.54. The van der Waals surface area contributed by atoms with E-state index >= 15 is 0 Å². The van der Waals surface area contributed by atoms with Gasteiger partial charge in [0.1, 0.15) is 11.3 Å². The van der Waals surface area contributed by atoms with Crippen molar-refractivity contribution in [1.82, 2.24) is 14.5 Å². The van der Waals surface area contributed by atoms with Crippen LogP contribution in [-0.2, 0) is 6.54 Å². The Morgan fingerprint density at radius 2 is 2.14 bits per heavy atom. The fourth-order valence-corrected chi connectivity index (χ4v) is 2.43. The molecule has 3 rings (SSSR count). The van der Waals surface area contributed by atoms with E-state index in [1.165, 1.54) is 5.56 Å². The summed E-state index contributed by atoms with van der Waals surface area (Å²) in [5.41, 5.74) is 10.2. The number of pyridine rings is 1. The van der Waals surface area contributed by atoms with Crippen molar-refractivity contribution >= 4 is 17.0 Å². The summed E-state index contributed by atoms with van der Waals surface area (Å²) in [5.74, 6) is 1.26. The minimum Gasteiger partial charge on any atom is -0.492 e. The highest BCUT2D eigenvalue weighted by atomic mass is 16.5. The second-order valence-electron chi connectivity index (χ2n) is 4.92. The molecule has 2 aromatic heterocycles. The van der Waals surface area contributed by atoms with Crippen LogP contribution in [0, 0.1) is 6.92 Å². The summed E-state index contributed by atoms with van der Waals surface area (Å²) in [7, 11) is 0. The van der Waals surface area contributed by atoms with Crippen molar-refractivity contribution < 1.29 is 4.74 Å². The highest BCUT2D eigenvalue weighted by Gasteiger charge is 2.13. The van der Waals surface area contributed by atoms with Gasteiger partial charge in [0, 0.05) is 12.4 Å². The van der Waals surface area contributed by atoms with Gasteiger partial charge < -0.3 is 15.0 Å². The molecule has 0 spiro atoms. The maximum atomic E-state index is 6.10. The van der Waals surface area contributed by atoms with Gasteiger partial charge in [0.15, 0.2) is 0 Å². The molecule has 0 aliphatic carbocycles. The molecule has 0 radical (unpaired) electrons. The van der Waals surface area contributed by atoms with Crippen molar-refractivity contribution in [1.29, 1.82) is 0 Å². The van der Waals surface area contributed by atoms with Crippen molar-refractivity contribution in [2.75, 3.05) is 12.3 Å². The van der Waals surface area contributed by atoms with Gasteiger partial charge in [0.25, 0.3) is 0 Å². The number of para-hydroxylation sites is 1. The lowest BCUT2D eigenvalue weighted by atomic mass is 10.1. The van der Waals surface area contributed by atoms with Gasteiger partial charge >= 0.3 is 0 Å². The van der Waals surface area contributed by atoms with Crippen molar-refractivity contribution in [2.24, 2.45) is 0 Å². The number of aryl methyl sites for hydroxylation is 1. The first-order chi connectivity index (χ1) is 10.2. The standard InChI is InChI=1S/C16H18N4O/c1-3-21-14-6-4-5-13-15(14)19-16(17)20(13)10-12-7-8-18-9-11(12)2/h4-9H,3,10H2,1-2H3,(H2,17,19). The molecule has 0 bridgehead atoms. The van der Waals surface area contributed by atoms with Crippen LogP contribution >= 0.6 is 0 Å². The van der Waals surface area contributed by atoms with Crippen LogP contribution < -0.4 is 10.5 Å². The molecule has 2 N–H and O–H groups in total. The molecule has 5 nitrogen and oxygen atoms in total. The van der Waals surface area contributed by atoms with Gasteiger partial charge in [-0.05, 0) is 43.2 Å². The van der Waals surface area contributed by atoms with Gasteiger partial charge in [-0.25, -0.2) is 4.98 Å². The Bertz CT molecular complexity index is 779. The first kappa shape index (κ1) is 13.4. The van der Waals surface area contributed by atoms with Crippen LogP contribution in [0.5, 0.6) is 5.75 Å². The van der Waals surface area contributed by atoms with E-state index in [4.69, 9.17) is 10.5 Å². The number of rotatable bonds is 4. The molecule has 3 aromatic rings. The lowest BCUT2D eigenvalue weighted by Gasteiger charge is -2.09. The van der Waals surface area contributed by atoms with Gasteiger partial charge in [-0.3, -0.25) is 4.98 Å². The summed E-state index contributed by atoms with van der Waals surface area (Å²) >= 11 is 0. The van der Waals surface area contributed by atoms with E-state index in [-0.39, 0.29) is 0 Å². The van der Waals surface area contributed by atoms with Gasteiger partial charge in [0.2, 0.25) is 5.95 Å². The first-order valence-corrected chi connectivity index (χ1v) is 6.97. The van der Waals surface area contributed by atoms with Crippen LogP contribution in [0.3, 0.4) is 0 Å². The maximum absolute atomic E-state index is 6.10. The number of anilines is 1. The van der Waals surface area contributed by atoms with Crippen LogP contribution in [0.4, 0.5) is 5.95 Å². The number of nitrogens with zero attached hydrogens (tertiary/aromatic N) is 3. The third kappa shape index (κ3) is 2.42. The van der Waals surface area contributed by atoms with Crippen molar-refractivity contribution in [3.05, 3.63) is 47.8 Å². The fraction of sp³-hybridized carbons (Fsp3) is 0.250. The second kappa shape index (κ2) is 5.44. The van der Waals surface area contributed by atoms with Gasteiger partial charge in [-0.2, -0.15) is 0 Å². The van der Waals surface area contributed by atoms with Gasteiger partial charge in [-0.1, -0.05) is 6.07 Å². The topological polar surface area (TPSA) is 66.0 Å². The van der Waals surface area contributed by atoms with E-state index in [0.717, 1.165) is 22.3 Å². The first-order valence-electron chi connectivity index (χ1n) is 6.97. The number of fused-ring (bicyclic) bond motifs is 1. The normalized spacial score (nSPS) is 11.0. The molecular weight excluding hydrogens is 264 g/mol. The largest absolute Gasteiger partial charge is 0.492 e. The zero-order valence-corrected chi connectivity index (χ0v) is 12.2. The number of imidazole rings is 1. The predicted octanol–water partition coefficient (Wildman–Crippen LogP) is 2.77. The molecule has 0 aliphatic rings. The Morgan fingerprint density at radius 3 is 2.90 bits per heavy atom. The number of benzene rings is 1. The zero-order chi connectivity index (χ0) is 14.8. The van der Waals surface area contributed by atoms with E-state index in [1.807, 2.05) is 48.9 Å². The summed E-state index contributed by atoms with van der Waals surface area (Å²) in [6, 6.07) is 7.90. The molecule has 0 saturated heterocycles. The molecule has 0 fully saturated rings. The lowest BCUT2D eigenvalue weighted by molar-refractivity contribution is 0.343. The van der Waals surface area contributed by atoms with E-state index in [0.29, 0.717) is 19.1 Å². The Hall–Kier alpha value is -2.56. The average molecular weight is 282 g/mol. The molecule has 0 unspecified atom stereocenters. The molecule has 108 valence electrons. The third-order valence-electron chi connectivity index (χ3n) is 3.54. The van der Waals surface area contributed by atoms with Crippen molar-refractivity contribution in [3.63, 3.8) is 0 Å². The van der Waals surface area contributed by atoms with Crippen LogP contribution in [0.15, 0.2) is 36.7 Å². The van der Waals surface area contributed by atoms with Crippen LogP contribution in [0.2, 0.25) is 0 Å². The molecule has 0 amide bonds. The number of nitrogens with two attached hydrogens (primary N) is 1. The monoisotopic (exact) mass is 282 g/mol. The van der Waals surface area contributed by atoms with E-state index in [9.17, 15) is 0 Å². The summed E-state index contributed by atoms with van der Waals surface area (Å²) in [6.45, 7) is 5.28. The van der Waals surface area contributed by atoms with E-state index in [2.05, 4.69) is 9.97 Å². The quantitative estimate of drug-likeness (QED) is 0.799. The number of hydrogen-bond donors (Lipinski definition) is 1. The number of nitrogen functional groups attached to an aromatic ring is 1. The van der Waals surface area contributed by atoms with Crippen LogP contribution in [0.25, 0.3) is 11.0 Å². The molecule has 0 saturated carbocycles. The number of hydrogen-bond acceptors (Lipinski definition) is 4. The van der Waals surface area contributed by atoms with E-state index in [1.54, 1.807) is 6.20 Å². The maximum Gasteiger partial charge on any atom is 0.201 e. The van der Waals surface area contributed by atoms with Gasteiger partial charge in [-0.15, -0.1) is 0 Å². The summed E-state index contributed by atoms with van der Waals surface area (Å²) < 4.78 is 7.62.